The summed E-state index contributed by atoms with van der Waals surface area (Å²) in [5, 5.41) is 0.734. The molecule has 0 aliphatic carbocycles. The quantitative estimate of drug-likeness (QED) is 0.491. The lowest BCUT2D eigenvalue weighted by Crippen LogP contribution is -2.29. The van der Waals surface area contributed by atoms with Crippen LogP contribution >= 0.6 is 0 Å². The van der Waals surface area contributed by atoms with E-state index < -0.39 is 0 Å². The van der Waals surface area contributed by atoms with Crippen LogP contribution in [0.3, 0.4) is 0 Å². The molecule has 0 radical (unpaired) electrons. The zero-order chi connectivity index (χ0) is 6.85. The summed E-state index contributed by atoms with van der Waals surface area (Å²) in [6, 6.07) is -0.0231. The molecule has 1 fully saturated rings. The number of rotatable bonds is 1. The van der Waals surface area contributed by atoms with Gasteiger partial charge in [-0.3, -0.25) is 0 Å². The van der Waals surface area contributed by atoms with Crippen LogP contribution in [0.15, 0.2) is 0 Å². The Bertz CT molecular complexity index is 97.1. The maximum atomic E-state index is 12.4. The van der Waals surface area contributed by atoms with Crippen molar-refractivity contribution in [1.82, 2.24) is 5.12 Å². The molecule has 2 atom stereocenters. The second-order valence-electron chi connectivity index (χ2n) is 2.61. The monoisotopic (exact) mass is 133 g/mol. The average Bonchev–Trinajstić information content (AvgIpc) is 2.13. The summed E-state index contributed by atoms with van der Waals surface area (Å²) in [6.45, 7) is 3.22. The fraction of sp³-hybridized carbons (Fsp3) is 1.00. The Balaban J connectivity index is 2.40. The smallest absolute Gasteiger partial charge is 0.0680 e. The minimum atomic E-state index is -0.0231. The SMILES string of the molecule is CC1COCC1N(C)F. The Morgan fingerprint density at radius 3 is 2.44 bits per heavy atom. The van der Waals surface area contributed by atoms with Gasteiger partial charge >= 0.3 is 0 Å². The highest BCUT2D eigenvalue weighted by Gasteiger charge is 2.27. The zero-order valence-corrected chi connectivity index (χ0v) is 5.80. The molecule has 2 unspecified atom stereocenters. The highest BCUT2D eigenvalue weighted by atomic mass is 19.2. The topological polar surface area (TPSA) is 12.5 Å². The van der Waals surface area contributed by atoms with Crippen LogP contribution < -0.4 is 0 Å². The lowest BCUT2D eigenvalue weighted by molar-refractivity contribution is -0.00578. The summed E-state index contributed by atoms with van der Waals surface area (Å²) in [7, 11) is 1.44. The summed E-state index contributed by atoms with van der Waals surface area (Å²) in [5.74, 6) is 0.333. The highest BCUT2D eigenvalue weighted by Crippen LogP contribution is 2.17. The van der Waals surface area contributed by atoms with E-state index in [1.165, 1.54) is 7.05 Å². The second kappa shape index (κ2) is 2.62. The number of ether oxygens (including phenoxy) is 1. The summed E-state index contributed by atoms with van der Waals surface area (Å²) in [4.78, 5) is 0. The first-order chi connectivity index (χ1) is 4.22. The van der Waals surface area contributed by atoms with E-state index in [1.54, 1.807) is 0 Å². The van der Waals surface area contributed by atoms with E-state index in [4.69, 9.17) is 4.74 Å². The van der Waals surface area contributed by atoms with E-state index >= 15 is 0 Å². The number of hydrogen-bond donors (Lipinski definition) is 0. The fourth-order valence-electron chi connectivity index (χ4n) is 1.10. The highest BCUT2D eigenvalue weighted by molar-refractivity contribution is 4.75. The van der Waals surface area contributed by atoms with Gasteiger partial charge in [-0.25, -0.2) is 0 Å². The maximum Gasteiger partial charge on any atom is 0.0680 e. The molecule has 0 bridgehead atoms. The minimum absolute atomic E-state index is 0.0231. The first-order valence-electron chi connectivity index (χ1n) is 3.18. The van der Waals surface area contributed by atoms with Gasteiger partial charge in [-0.15, -0.1) is 9.60 Å². The van der Waals surface area contributed by atoms with Gasteiger partial charge in [-0.1, -0.05) is 6.92 Å². The predicted molar refractivity (Wildman–Crippen MR) is 32.6 cm³/mol. The lowest BCUT2D eigenvalue weighted by Gasteiger charge is -2.15. The van der Waals surface area contributed by atoms with Gasteiger partial charge in [-0.2, -0.15) is 0 Å². The van der Waals surface area contributed by atoms with E-state index in [0.717, 1.165) is 5.12 Å². The fourth-order valence-corrected chi connectivity index (χ4v) is 1.10. The predicted octanol–water partition coefficient (Wildman–Crippen LogP) is 0.838. The van der Waals surface area contributed by atoms with Gasteiger partial charge in [0.2, 0.25) is 0 Å². The first kappa shape index (κ1) is 6.96. The molecule has 0 spiro atoms. The van der Waals surface area contributed by atoms with Crippen molar-refractivity contribution in [2.75, 3.05) is 20.3 Å². The van der Waals surface area contributed by atoms with Gasteiger partial charge in [0.1, 0.15) is 0 Å². The molecule has 1 saturated heterocycles. The normalized spacial score (nSPS) is 36.0. The van der Waals surface area contributed by atoms with Crippen LogP contribution in [0.25, 0.3) is 0 Å². The van der Waals surface area contributed by atoms with Crippen molar-refractivity contribution in [1.29, 1.82) is 0 Å². The molecular weight excluding hydrogens is 121 g/mol. The maximum absolute atomic E-state index is 12.4. The van der Waals surface area contributed by atoms with E-state index in [2.05, 4.69) is 0 Å². The Morgan fingerprint density at radius 2 is 2.22 bits per heavy atom. The third-order valence-electron chi connectivity index (χ3n) is 1.78. The van der Waals surface area contributed by atoms with Crippen molar-refractivity contribution in [2.45, 2.75) is 13.0 Å². The van der Waals surface area contributed by atoms with Gasteiger partial charge in [-0.05, 0) is 5.92 Å². The van der Waals surface area contributed by atoms with Crippen LogP contribution in [0.1, 0.15) is 6.92 Å². The van der Waals surface area contributed by atoms with Gasteiger partial charge in [0.05, 0.1) is 19.3 Å². The summed E-state index contributed by atoms with van der Waals surface area (Å²) >= 11 is 0. The molecule has 9 heavy (non-hydrogen) atoms. The van der Waals surface area contributed by atoms with Crippen LogP contribution in [0.4, 0.5) is 4.48 Å². The third-order valence-corrected chi connectivity index (χ3v) is 1.78. The number of halogens is 1. The standard InChI is InChI=1S/C6H12FNO/c1-5-3-9-4-6(5)8(2)7/h5-6H,3-4H2,1-2H3. The van der Waals surface area contributed by atoms with Crippen molar-refractivity contribution in [3.05, 3.63) is 0 Å². The van der Waals surface area contributed by atoms with Crippen molar-refractivity contribution in [2.24, 2.45) is 5.92 Å². The molecule has 3 heteroatoms. The molecule has 1 heterocycles. The van der Waals surface area contributed by atoms with Crippen molar-refractivity contribution in [3.8, 4) is 0 Å². The minimum Gasteiger partial charge on any atom is -0.379 e. The largest absolute Gasteiger partial charge is 0.379 e. The number of likely N-dealkylation sites (N-methyl/N-ethyl adjacent to an activating group) is 1. The van der Waals surface area contributed by atoms with E-state index in [9.17, 15) is 4.48 Å². The Labute approximate surface area is 54.5 Å². The molecule has 54 valence electrons. The molecule has 1 rings (SSSR count). The van der Waals surface area contributed by atoms with Gasteiger partial charge in [0.15, 0.2) is 0 Å². The Hall–Kier alpha value is -0.150. The van der Waals surface area contributed by atoms with E-state index in [-0.39, 0.29) is 6.04 Å². The molecule has 0 N–H and O–H groups in total. The Morgan fingerprint density at radius 1 is 1.56 bits per heavy atom. The van der Waals surface area contributed by atoms with Gasteiger partial charge in [0.25, 0.3) is 0 Å². The summed E-state index contributed by atoms with van der Waals surface area (Å²) in [5.41, 5.74) is 0. The van der Waals surface area contributed by atoms with Crippen LogP contribution in [-0.2, 0) is 4.74 Å². The first-order valence-corrected chi connectivity index (χ1v) is 3.18. The second-order valence-corrected chi connectivity index (χ2v) is 2.61. The zero-order valence-electron chi connectivity index (χ0n) is 5.80. The lowest BCUT2D eigenvalue weighted by atomic mass is 10.1. The van der Waals surface area contributed by atoms with E-state index in [0.29, 0.717) is 19.1 Å². The van der Waals surface area contributed by atoms with Crippen LogP contribution in [0.5, 0.6) is 0 Å². The van der Waals surface area contributed by atoms with Crippen LogP contribution in [-0.4, -0.2) is 31.4 Å². The van der Waals surface area contributed by atoms with Crippen molar-refractivity contribution in [3.63, 3.8) is 0 Å². The molecule has 1 aliphatic heterocycles. The van der Waals surface area contributed by atoms with Gasteiger partial charge < -0.3 is 4.74 Å². The molecule has 0 aromatic carbocycles. The van der Waals surface area contributed by atoms with Crippen molar-refractivity contribution < 1.29 is 9.22 Å². The third kappa shape index (κ3) is 1.40. The number of nitrogens with zero attached hydrogens (tertiary/aromatic N) is 1. The van der Waals surface area contributed by atoms with Crippen LogP contribution in [0.2, 0.25) is 0 Å². The molecule has 0 saturated carbocycles. The van der Waals surface area contributed by atoms with E-state index in [1.807, 2.05) is 6.92 Å². The Kier molecular flexibility index (Phi) is 2.03. The number of hydrogen-bond acceptors (Lipinski definition) is 2. The molecule has 1 aliphatic rings. The molecule has 2 nitrogen and oxygen atoms in total. The molecule has 0 aromatic heterocycles. The molecule has 0 amide bonds. The average molecular weight is 133 g/mol. The van der Waals surface area contributed by atoms with Crippen LogP contribution in [0, 0.1) is 5.92 Å². The summed E-state index contributed by atoms with van der Waals surface area (Å²) in [6.07, 6.45) is 0. The molecule has 0 aromatic rings. The summed E-state index contributed by atoms with van der Waals surface area (Å²) < 4.78 is 17.5. The van der Waals surface area contributed by atoms with Crippen molar-refractivity contribution >= 4 is 0 Å². The van der Waals surface area contributed by atoms with Gasteiger partial charge in [0, 0.05) is 7.05 Å². The molecular formula is C6H12FNO.